The maximum absolute atomic E-state index is 10.8. The highest BCUT2D eigenvalue weighted by Crippen LogP contribution is 2.34. The first-order chi connectivity index (χ1) is 9.08. The highest BCUT2D eigenvalue weighted by Gasteiger charge is 2.15. The largest absolute Gasteiger partial charge is 0.487 e. The molecule has 98 valence electrons. The Hall–Kier alpha value is -2.15. The van der Waals surface area contributed by atoms with Crippen LogP contribution in [0.15, 0.2) is 41.0 Å². The highest BCUT2D eigenvalue weighted by atomic mass is 79.9. The van der Waals surface area contributed by atoms with E-state index in [1.807, 2.05) is 0 Å². The molecule has 2 rings (SSSR count). The molecule has 0 spiro atoms. The maximum atomic E-state index is 10.8. The van der Waals surface area contributed by atoms with E-state index in [4.69, 9.17) is 10.5 Å². The zero-order valence-corrected chi connectivity index (χ0v) is 11.3. The summed E-state index contributed by atoms with van der Waals surface area (Å²) in [5, 5.41) is 10.8. The molecule has 0 saturated heterocycles. The quantitative estimate of drug-likeness (QED) is 0.690. The first kappa shape index (κ1) is 13.3. The summed E-state index contributed by atoms with van der Waals surface area (Å²) in [6, 6.07) is 8.08. The van der Waals surface area contributed by atoms with E-state index in [-0.39, 0.29) is 12.3 Å². The van der Waals surface area contributed by atoms with Crippen LogP contribution in [-0.4, -0.2) is 9.91 Å². The summed E-state index contributed by atoms with van der Waals surface area (Å²) in [4.78, 5) is 14.2. The fourth-order valence-corrected chi connectivity index (χ4v) is 2.02. The van der Waals surface area contributed by atoms with Gasteiger partial charge in [0.05, 0.1) is 4.92 Å². The molecular weight excluding hydrogens is 314 g/mol. The van der Waals surface area contributed by atoms with Crippen molar-refractivity contribution < 1.29 is 9.66 Å². The number of ether oxygens (including phenoxy) is 1. The van der Waals surface area contributed by atoms with Gasteiger partial charge < -0.3 is 10.5 Å². The van der Waals surface area contributed by atoms with Crippen LogP contribution in [0.25, 0.3) is 0 Å². The van der Waals surface area contributed by atoms with Gasteiger partial charge in [-0.05, 0) is 39.7 Å². The van der Waals surface area contributed by atoms with Crippen LogP contribution in [0.5, 0.6) is 5.75 Å². The maximum Gasteiger partial charge on any atom is 0.287 e. The molecule has 0 bridgehead atoms. The monoisotopic (exact) mass is 323 g/mol. The van der Waals surface area contributed by atoms with E-state index in [1.54, 1.807) is 30.5 Å². The Morgan fingerprint density at radius 1 is 1.42 bits per heavy atom. The Kier molecular flexibility index (Phi) is 3.96. The van der Waals surface area contributed by atoms with E-state index in [1.165, 1.54) is 6.07 Å². The van der Waals surface area contributed by atoms with Crippen molar-refractivity contribution in [3.8, 4) is 5.75 Å². The number of aromatic nitrogens is 1. The van der Waals surface area contributed by atoms with Crippen LogP contribution < -0.4 is 10.5 Å². The predicted molar refractivity (Wildman–Crippen MR) is 73.8 cm³/mol. The normalized spacial score (nSPS) is 10.2. The average molecular weight is 324 g/mol. The number of pyridine rings is 1. The summed E-state index contributed by atoms with van der Waals surface area (Å²) in [6.07, 6.45) is 1.58. The molecule has 0 fully saturated rings. The standard InChI is InChI=1S/C12H10BrN3O3/c13-12-9(16(17)18)2-1-3-10(12)19-7-8-4-5-15-11(14)6-8/h1-6H,7H2,(H2,14,15). The van der Waals surface area contributed by atoms with Gasteiger partial charge in [0.2, 0.25) is 0 Å². The van der Waals surface area contributed by atoms with Gasteiger partial charge in [0, 0.05) is 12.3 Å². The highest BCUT2D eigenvalue weighted by molar-refractivity contribution is 9.10. The summed E-state index contributed by atoms with van der Waals surface area (Å²) in [5.74, 6) is 0.809. The number of nitrogens with two attached hydrogens (primary N) is 1. The van der Waals surface area contributed by atoms with Crippen molar-refractivity contribution in [2.45, 2.75) is 6.61 Å². The molecule has 1 aromatic heterocycles. The number of benzene rings is 1. The third kappa shape index (κ3) is 3.19. The number of hydrogen-bond donors (Lipinski definition) is 1. The lowest BCUT2D eigenvalue weighted by Crippen LogP contribution is -1.99. The predicted octanol–water partition coefficient (Wildman–Crippen LogP) is 2.91. The lowest BCUT2D eigenvalue weighted by molar-refractivity contribution is -0.385. The minimum Gasteiger partial charge on any atom is -0.487 e. The molecule has 0 aliphatic rings. The summed E-state index contributed by atoms with van der Waals surface area (Å²) in [5.41, 5.74) is 6.36. The van der Waals surface area contributed by atoms with Crippen LogP contribution in [0, 0.1) is 10.1 Å². The van der Waals surface area contributed by atoms with Crippen molar-refractivity contribution in [2.75, 3.05) is 5.73 Å². The second-order valence-corrected chi connectivity index (χ2v) is 4.52. The van der Waals surface area contributed by atoms with Crippen LogP contribution in [0.3, 0.4) is 0 Å². The molecule has 7 heteroatoms. The number of nitro groups is 1. The topological polar surface area (TPSA) is 91.3 Å². The van der Waals surface area contributed by atoms with Gasteiger partial charge in [0.1, 0.15) is 22.6 Å². The van der Waals surface area contributed by atoms with Crippen LogP contribution >= 0.6 is 15.9 Å². The van der Waals surface area contributed by atoms with Gasteiger partial charge in [-0.1, -0.05) is 6.07 Å². The van der Waals surface area contributed by atoms with Crippen molar-refractivity contribution in [3.05, 3.63) is 56.7 Å². The average Bonchev–Trinajstić information content (AvgIpc) is 2.37. The number of anilines is 1. The van der Waals surface area contributed by atoms with E-state index in [0.717, 1.165) is 5.56 Å². The summed E-state index contributed by atoms with van der Waals surface area (Å²) in [6.45, 7) is 0.256. The molecule has 2 aromatic rings. The van der Waals surface area contributed by atoms with E-state index in [2.05, 4.69) is 20.9 Å². The van der Waals surface area contributed by atoms with Gasteiger partial charge in [-0.25, -0.2) is 4.98 Å². The van der Waals surface area contributed by atoms with E-state index >= 15 is 0 Å². The van der Waals surface area contributed by atoms with Gasteiger partial charge in [-0.2, -0.15) is 0 Å². The van der Waals surface area contributed by atoms with Crippen LogP contribution in [0.1, 0.15) is 5.56 Å². The smallest absolute Gasteiger partial charge is 0.287 e. The fraction of sp³-hybridized carbons (Fsp3) is 0.0833. The number of hydrogen-bond acceptors (Lipinski definition) is 5. The third-order valence-corrected chi connectivity index (χ3v) is 3.18. The summed E-state index contributed by atoms with van der Waals surface area (Å²) < 4.78 is 5.86. The van der Waals surface area contributed by atoms with Gasteiger partial charge >= 0.3 is 0 Å². The molecule has 0 unspecified atom stereocenters. The number of nitro benzene ring substituents is 1. The number of nitrogens with zero attached hydrogens (tertiary/aromatic N) is 2. The summed E-state index contributed by atoms with van der Waals surface area (Å²) >= 11 is 3.17. The second-order valence-electron chi connectivity index (χ2n) is 3.72. The lowest BCUT2D eigenvalue weighted by atomic mass is 10.2. The molecular formula is C12H10BrN3O3. The number of nitrogen functional groups attached to an aromatic ring is 1. The van der Waals surface area contributed by atoms with Crippen LogP contribution in [0.4, 0.5) is 11.5 Å². The molecule has 0 aliphatic heterocycles. The molecule has 1 aromatic carbocycles. The molecule has 0 atom stereocenters. The Bertz CT molecular complexity index is 619. The Labute approximate surface area is 117 Å². The molecule has 19 heavy (non-hydrogen) atoms. The van der Waals surface area contributed by atoms with Gasteiger partial charge in [-0.3, -0.25) is 10.1 Å². The molecule has 6 nitrogen and oxygen atoms in total. The zero-order valence-electron chi connectivity index (χ0n) is 9.75. The van der Waals surface area contributed by atoms with E-state index in [0.29, 0.717) is 16.0 Å². The number of halogens is 1. The SMILES string of the molecule is Nc1cc(COc2cccc([N+](=O)[O-])c2Br)ccn1. The minimum atomic E-state index is -0.471. The Morgan fingerprint density at radius 3 is 2.89 bits per heavy atom. The van der Waals surface area contributed by atoms with Crippen molar-refractivity contribution in [3.63, 3.8) is 0 Å². The molecule has 0 amide bonds. The van der Waals surface area contributed by atoms with Crippen molar-refractivity contribution in [2.24, 2.45) is 0 Å². The van der Waals surface area contributed by atoms with Crippen molar-refractivity contribution >= 4 is 27.4 Å². The second kappa shape index (κ2) is 5.66. The number of rotatable bonds is 4. The zero-order chi connectivity index (χ0) is 13.8. The van der Waals surface area contributed by atoms with Crippen molar-refractivity contribution in [1.29, 1.82) is 0 Å². The Morgan fingerprint density at radius 2 is 2.21 bits per heavy atom. The molecule has 0 radical (unpaired) electrons. The van der Waals surface area contributed by atoms with E-state index < -0.39 is 4.92 Å². The first-order valence-electron chi connectivity index (χ1n) is 5.34. The Balaban J connectivity index is 2.16. The fourth-order valence-electron chi connectivity index (χ4n) is 1.50. The third-order valence-electron chi connectivity index (χ3n) is 2.38. The van der Waals surface area contributed by atoms with Gasteiger partial charge in [0.15, 0.2) is 0 Å². The lowest BCUT2D eigenvalue weighted by Gasteiger charge is -2.08. The van der Waals surface area contributed by atoms with Gasteiger partial charge in [0.25, 0.3) is 5.69 Å². The van der Waals surface area contributed by atoms with Crippen molar-refractivity contribution in [1.82, 2.24) is 4.98 Å². The van der Waals surface area contributed by atoms with Crippen LogP contribution in [-0.2, 0) is 6.61 Å². The van der Waals surface area contributed by atoms with Gasteiger partial charge in [-0.15, -0.1) is 0 Å². The minimum absolute atomic E-state index is 0.0354. The molecule has 0 aliphatic carbocycles. The molecule has 1 heterocycles. The first-order valence-corrected chi connectivity index (χ1v) is 6.13. The molecule has 0 saturated carbocycles. The molecule has 2 N–H and O–H groups in total. The summed E-state index contributed by atoms with van der Waals surface area (Å²) in [7, 11) is 0. The van der Waals surface area contributed by atoms with Crippen LogP contribution in [0.2, 0.25) is 0 Å². The van der Waals surface area contributed by atoms with E-state index in [9.17, 15) is 10.1 Å².